The normalized spacial score (nSPS) is 15.7. The molecule has 0 radical (unpaired) electrons. The number of thiophene rings is 1. The van der Waals surface area contributed by atoms with Crippen molar-refractivity contribution in [2.45, 2.75) is 4.90 Å². The van der Waals surface area contributed by atoms with Gasteiger partial charge >= 0.3 is 0 Å². The Bertz CT molecular complexity index is 993. The summed E-state index contributed by atoms with van der Waals surface area (Å²) >= 11 is 1.66. The lowest BCUT2D eigenvalue weighted by atomic mass is 10.2. The van der Waals surface area contributed by atoms with Crippen molar-refractivity contribution in [3.8, 4) is 0 Å². The predicted octanol–water partition coefficient (Wildman–Crippen LogP) is 1.67. The van der Waals surface area contributed by atoms with Gasteiger partial charge in [0.1, 0.15) is 12.1 Å². The first-order valence-corrected chi connectivity index (χ1v) is 10.3. The smallest absolute Gasteiger partial charge is 0.238 e. The van der Waals surface area contributed by atoms with Crippen LogP contribution in [0, 0.1) is 0 Å². The van der Waals surface area contributed by atoms with E-state index in [4.69, 9.17) is 5.14 Å². The zero-order valence-corrected chi connectivity index (χ0v) is 15.0. The lowest BCUT2D eigenvalue weighted by Crippen LogP contribution is -2.46. The average Bonchev–Trinajstić information content (AvgIpc) is 3.10. The third kappa shape index (κ3) is 3.17. The molecule has 1 fully saturated rings. The van der Waals surface area contributed by atoms with Crippen molar-refractivity contribution in [2.24, 2.45) is 5.14 Å². The minimum atomic E-state index is -3.65. The fourth-order valence-corrected chi connectivity index (χ4v) is 4.40. The van der Waals surface area contributed by atoms with Crippen molar-refractivity contribution < 1.29 is 8.42 Å². The van der Waals surface area contributed by atoms with Crippen LogP contribution in [0.4, 0.5) is 11.5 Å². The fourth-order valence-electron chi connectivity index (χ4n) is 3.02. The molecule has 25 heavy (non-hydrogen) atoms. The van der Waals surface area contributed by atoms with Crippen LogP contribution in [0.25, 0.3) is 10.2 Å². The molecule has 4 rings (SSSR count). The van der Waals surface area contributed by atoms with E-state index in [1.807, 2.05) is 11.4 Å². The minimum absolute atomic E-state index is 0.135. The van der Waals surface area contributed by atoms with Gasteiger partial charge in [-0.25, -0.2) is 23.5 Å². The number of hydrogen-bond donors (Lipinski definition) is 1. The van der Waals surface area contributed by atoms with Crippen molar-refractivity contribution in [1.82, 2.24) is 9.97 Å². The highest BCUT2D eigenvalue weighted by Crippen LogP contribution is 2.29. The summed E-state index contributed by atoms with van der Waals surface area (Å²) < 4.78 is 23.8. The molecule has 2 aromatic heterocycles. The molecule has 0 atom stereocenters. The van der Waals surface area contributed by atoms with Gasteiger partial charge in [0.2, 0.25) is 10.0 Å². The second-order valence-corrected chi connectivity index (χ2v) is 8.32. The number of rotatable bonds is 3. The maximum Gasteiger partial charge on any atom is 0.238 e. The number of sulfonamides is 1. The Balaban J connectivity index is 1.49. The molecule has 7 nitrogen and oxygen atoms in total. The topological polar surface area (TPSA) is 92.4 Å². The largest absolute Gasteiger partial charge is 0.368 e. The van der Waals surface area contributed by atoms with Gasteiger partial charge in [0.15, 0.2) is 0 Å². The van der Waals surface area contributed by atoms with Crippen LogP contribution in [-0.4, -0.2) is 44.6 Å². The quantitative estimate of drug-likeness (QED) is 0.749. The van der Waals surface area contributed by atoms with Crippen LogP contribution in [0.2, 0.25) is 0 Å². The molecule has 9 heteroatoms. The number of primary sulfonamides is 1. The molecule has 1 aromatic carbocycles. The second-order valence-electron chi connectivity index (χ2n) is 5.85. The highest BCUT2D eigenvalue weighted by Gasteiger charge is 2.21. The number of hydrogen-bond acceptors (Lipinski definition) is 7. The van der Waals surface area contributed by atoms with E-state index < -0.39 is 10.0 Å². The second kappa shape index (κ2) is 6.25. The van der Waals surface area contributed by atoms with E-state index in [1.165, 1.54) is 0 Å². The molecule has 0 spiro atoms. The summed E-state index contributed by atoms with van der Waals surface area (Å²) in [6.45, 7) is 3.37. The first-order chi connectivity index (χ1) is 12.0. The number of nitrogens with two attached hydrogens (primary N) is 1. The Labute approximate surface area is 149 Å². The van der Waals surface area contributed by atoms with Crippen LogP contribution < -0.4 is 14.9 Å². The number of piperazine rings is 1. The van der Waals surface area contributed by atoms with Gasteiger partial charge in [0, 0.05) is 31.9 Å². The van der Waals surface area contributed by atoms with Gasteiger partial charge in [-0.2, -0.15) is 0 Å². The molecule has 0 aliphatic carbocycles. The summed E-state index contributed by atoms with van der Waals surface area (Å²) in [7, 11) is -3.65. The third-order valence-electron chi connectivity index (χ3n) is 4.33. The molecule has 130 valence electrons. The van der Waals surface area contributed by atoms with Gasteiger partial charge in [0.05, 0.1) is 15.1 Å². The Hall–Kier alpha value is -2.23. The molecule has 1 aliphatic heterocycles. The SMILES string of the molecule is NS(=O)(=O)c1ccc(N2CCN(c3ncnc4ccsc34)CC2)cc1. The number of nitrogens with zero attached hydrogens (tertiary/aromatic N) is 4. The molecule has 1 aliphatic rings. The van der Waals surface area contributed by atoms with Crippen molar-refractivity contribution in [1.29, 1.82) is 0 Å². The lowest BCUT2D eigenvalue weighted by molar-refractivity contribution is 0.597. The molecule has 3 aromatic rings. The Morgan fingerprint density at radius 3 is 2.32 bits per heavy atom. The Morgan fingerprint density at radius 1 is 0.960 bits per heavy atom. The van der Waals surface area contributed by atoms with Gasteiger partial charge < -0.3 is 9.80 Å². The Kier molecular flexibility index (Phi) is 4.06. The maximum absolute atomic E-state index is 11.4. The molecular formula is C16H17N5O2S2. The predicted molar refractivity (Wildman–Crippen MR) is 99.7 cm³/mol. The van der Waals surface area contributed by atoms with E-state index in [2.05, 4.69) is 19.8 Å². The van der Waals surface area contributed by atoms with Crippen molar-refractivity contribution in [3.05, 3.63) is 42.0 Å². The monoisotopic (exact) mass is 375 g/mol. The first-order valence-electron chi connectivity index (χ1n) is 7.83. The van der Waals surface area contributed by atoms with Crippen molar-refractivity contribution in [3.63, 3.8) is 0 Å². The summed E-state index contributed by atoms with van der Waals surface area (Å²) in [5.41, 5.74) is 1.98. The number of anilines is 2. The van der Waals surface area contributed by atoms with Crippen molar-refractivity contribution >= 4 is 43.1 Å². The first kappa shape index (κ1) is 16.2. The van der Waals surface area contributed by atoms with Gasteiger partial charge in [-0.3, -0.25) is 0 Å². The van der Waals surface area contributed by atoms with Gasteiger partial charge in [-0.1, -0.05) is 0 Å². The van der Waals surface area contributed by atoms with Crippen LogP contribution in [0.15, 0.2) is 46.9 Å². The van der Waals surface area contributed by atoms with E-state index in [0.717, 1.165) is 47.9 Å². The van der Waals surface area contributed by atoms with Crippen molar-refractivity contribution in [2.75, 3.05) is 36.0 Å². The minimum Gasteiger partial charge on any atom is -0.368 e. The van der Waals surface area contributed by atoms with Crippen LogP contribution >= 0.6 is 11.3 Å². The number of aromatic nitrogens is 2. The third-order valence-corrected chi connectivity index (χ3v) is 6.16. The highest BCUT2D eigenvalue weighted by atomic mass is 32.2. The maximum atomic E-state index is 11.4. The summed E-state index contributed by atoms with van der Waals surface area (Å²) in [5.74, 6) is 0.990. The van der Waals surface area contributed by atoms with Crippen LogP contribution in [0.3, 0.4) is 0 Å². The van der Waals surface area contributed by atoms with E-state index in [-0.39, 0.29) is 4.90 Å². The van der Waals surface area contributed by atoms with E-state index >= 15 is 0 Å². The molecule has 0 amide bonds. The van der Waals surface area contributed by atoms with Crippen LogP contribution in [0.5, 0.6) is 0 Å². The average molecular weight is 375 g/mol. The summed E-state index contributed by atoms with van der Waals surface area (Å²) in [5, 5.41) is 7.18. The van der Waals surface area contributed by atoms with E-state index in [0.29, 0.717) is 0 Å². The van der Waals surface area contributed by atoms with Crippen LogP contribution in [-0.2, 0) is 10.0 Å². The Morgan fingerprint density at radius 2 is 1.64 bits per heavy atom. The van der Waals surface area contributed by atoms with Gasteiger partial charge in [-0.15, -0.1) is 11.3 Å². The summed E-state index contributed by atoms with van der Waals surface area (Å²) in [6.07, 6.45) is 1.61. The molecule has 0 unspecified atom stereocenters. The van der Waals surface area contributed by atoms with E-state index in [9.17, 15) is 8.42 Å². The zero-order valence-electron chi connectivity index (χ0n) is 13.4. The van der Waals surface area contributed by atoms with E-state index in [1.54, 1.807) is 41.9 Å². The van der Waals surface area contributed by atoms with Gasteiger partial charge in [0.25, 0.3) is 0 Å². The molecule has 0 bridgehead atoms. The zero-order chi connectivity index (χ0) is 17.4. The molecular weight excluding hydrogens is 358 g/mol. The molecule has 0 saturated carbocycles. The fraction of sp³-hybridized carbons (Fsp3) is 0.250. The van der Waals surface area contributed by atoms with Crippen LogP contribution in [0.1, 0.15) is 0 Å². The molecule has 2 N–H and O–H groups in total. The molecule has 1 saturated heterocycles. The lowest BCUT2D eigenvalue weighted by Gasteiger charge is -2.36. The number of fused-ring (bicyclic) bond motifs is 1. The summed E-state index contributed by atoms with van der Waals surface area (Å²) in [6, 6.07) is 8.72. The summed E-state index contributed by atoms with van der Waals surface area (Å²) in [4.78, 5) is 13.4. The standard InChI is InChI=1S/C16H17N5O2S2/c17-25(22,23)13-3-1-12(2-4-13)20-6-8-21(9-7-20)16-15-14(5-10-24-15)18-11-19-16/h1-5,10-11H,6-9H2,(H2,17,22,23). The number of benzene rings is 1. The molecule has 3 heterocycles. The highest BCUT2D eigenvalue weighted by molar-refractivity contribution is 7.89. The van der Waals surface area contributed by atoms with Gasteiger partial charge in [-0.05, 0) is 35.7 Å².